The molecule has 0 aromatic heterocycles. The van der Waals surface area contributed by atoms with Crippen molar-refractivity contribution >= 4 is 11.4 Å². The topological polar surface area (TPSA) is 17.1 Å². The number of carbonyl (C=O) groups excluding carboxylic acids is 1. The Morgan fingerprint density at radius 2 is 1.12 bits per heavy atom. The maximum absolute atomic E-state index is 15.2. The van der Waals surface area contributed by atoms with Crippen molar-refractivity contribution in [2.75, 3.05) is 0 Å². The summed E-state index contributed by atoms with van der Waals surface area (Å²) in [5, 5.41) is 0. The zero-order valence-corrected chi connectivity index (χ0v) is 11.8. The van der Waals surface area contributed by atoms with Gasteiger partial charge in [-0.25, -0.2) is 39.5 Å². The number of halogens is 9. The van der Waals surface area contributed by atoms with Crippen molar-refractivity contribution < 1.29 is 44.3 Å². The third kappa shape index (κ3) is 1.38. The van der Waals surface area contributed by atoms with Crippen molar-refractivity contribution in [3.05, 3.63) is 40.5 Å². The molecule has 0 aliphatic heterocycles. The molecule has 3 saturated carbocycles. The van der Waals surface area contributed by atoms with Gasteiger partial charge < -0.3 is 0 Å². The monoisotopic (exact) mass is 372 g/mol. The molecule has 0 saturated heterocycles. The normalized spacial score (nSPS) is 39.1. The Morgan fingerprint density at radius 3 is 1.56 bits per heavy atom. The third-order valence-corrected chi connectivity index (χ3v) is 5.27. The molecule has 0 N–H and O–H groups in total. The van der Waals surface area contributed by atoms with Gasteiger partial charge >= 0.3 is 0 Å². The minimum atomic E-state index is -4.17. The molecule has 6 rings (SSSR count). The van der Waals surface area contributed by atoms with Gasteiger partial charge in [0.25, 0.3) is 0 Å². The first kappa shape index (κ1) is 16.5. The number of benzene rings is 1. The van der Waals surface area contributed by atoms with Gasteiger partial charge in [-0.15, -0.1) is 0 Å². The molecule has 5 aliphatic rings. The van der Waals surface area contributed by atoms with E-state index in [4.69, 9.17) is 0 Å². The first-order valence-electron chi connectivity index (χ1n) is 6.97. The molecule has 134 valence electrons. The van der Waals surface area contributed by atoms with Gasteiger partial charge in [0.2, 0.25) is 28.6 Å². The largest absolute Gasteiger partial charge is 0.292 e. The lowest BCUT2D eigenvalue weighted by atomic mass is 9.41. The highest BCUT2D eigenvalue weighted by molar-refractivity contribution is 6.13. The first-order chi connectivity index (χ1) is 11.4. The second-order valence-electron chi connectivity index (χ2n) is 6.36. The summed E-state index contributed by atoms with van der Waals surface area (Å²) < 4.78 is 126. The lowest BCUT2D eigenvalue weighted by molar-refractivity contribution is -0.233. The second kappa shape index (κ2) is 4.21. The first-order valence-corrected chi connectivity index (χ1v) is 6.97. The highest BCUT2D eigenvalue weighted by Gasteiger charge is 2.91. The average molecular weight is 372 g/mol. The van der Waals surface area contributed by atoms with Crippen LogP contribution in [0, 0.1) is 35.0 Å². The Kier molecular flexibility index (Phi) is 2.77. The van der Waals surface area contributed by atoms with Crippen LogP contribution in [0.15, 0.2) is 5.83 Å². The smallest absolute Gasteiger partial charge is 0.221 e. The van der Waals surface area contributed by atoms with Crippen molar-refractivity contribution in [3.63, 3.8) is 0 Å². The summed E-state index contributed by atoms with van der Waals surface area (Å²) in [7, 11) is 0. The van der Waals surface area contributed by atoms with Crippen LogP contribution < -0.4 is 0 Å². The number of alkyl halides is 3. The molecule has 1 aromatic rings. The zero-order chi connectivity index (χ0) is 18.7. The van der Waals surface area contributed by atoms with Crippen molar-refractivity contribution in [3.8, 4) is 0 Å². The fourth-order valence-electron chi connectivity index (χ4n) is 4.16. The van der Waals surface area contributed by atoms with Gasteiger partial charge in [-0.2, -0.15) is 0 Å². The summed E-state index contributed by atoms with van der Waals surface area (Å²) in [4.78, 5) is 11.6. The maximum atomic E-state index is 15.2. The van der Waals surface area contributed by atoms with Crippen LogP contribution in [-0.4, -0.2) is 22.8 Å². The fourth-order valence-corrected chi connectivity index (χ4v) is 4.16. The number of ketones is 1. The number of rotatable bonds is 1. The predicted octanol–water partition coefficient (Wildman–Crippen LogP) is 4.19. The van der Waals surface area contributed by atoms with Crippen molar-refractivity contribution in [2.45, 2.75) is 29.8 Å². The molecule has 0 amide bonds. The number of Topliss-reactive ketones (excluding diaryl/α,β-unsaturated/α-hetero) is 1. The summed E-state index contributed by atoms with van der Waals surface area (Å²) in [6, 6.07) is 0. The summed E-state index contributed by atoms with van der Waals surface area (Å²) in [5.74, 6) is -18.3. The average Bonchev–Trinajstić information content (AvgIpc) is 2.56. The van der Waals surface area contributed by atoms with Crippen LogP contribution in [-0.2, 0) is 4.79 Å². The van der Waals surface area contributed by atoms with Crippen LogP contribution in [0.1, 0.15) is 18.4 Å². The van der Waals surface area contributed by atoms with E-state index in [1.165, 1.54) is 0 Å². The lowest BCUT2D eigenvalue weighted by Gasteiger charge is -2.65. The van der Waals surface area contributed by atoms with E-state index >= 15 is 4.39 Å². The van der Waals surface area contributed by atoms with E-state index in [1.807, 2.05) is 0 Å². The van der Waals surface area contributed by atoms with Gasteiger partial charge in [0.05, 0.1) is 5.56 Å². The minimum absolute atomic E-state index is 1.11. The van der Waals surface area contributed by atoms with Crippen LogP contribution in [0.3, 0.4) is 0 Å². The molecule has 1 nitrogen and oxygen atoms in total. The minimum Gasteiger partial charge on any atom is -0.292 e. The maximum Gasteiger partial charge on any atom is 0.221 e. The Bertz CT molecular complexity index is 856. The number of hydrogen-bond acceptors (Lipinski definition) is 1. The summed E-state index contributed by atoms with van der Waals surface area (Å²) in [5.41, 5.74) is -15.5. The van der Waals surface area contributed by atoms with E-state index in [9.17, 15) is 39.9 Å². The molecule has 2 unspecified atom stereocenters. The zero-order valence-electron chi connectivity index (χ0n) is 11.8. The van der Waals surface area contributed by atoms with Gasteiger partial charge in [0.15, 0.2) is 23.3 Å². The van der Waals surface area contributed by atoms with Gasteiger partial charge in [0.1, 0.15) is 5.83 Å². The van der Waals surface area contributed by atoms with E-state index in [0.29, 0.717) is 0 Å². The summed E-state index contributed by atoms with van der Waals surface area (Å²) in [6.07, 6.45) is -2.22. The van der Waals surface area contributed by atoms with Crippen molar-refractivity contribution in [2.24, 2.45) is 5.92 Å². The number of allylic oxidation sites excluding steroid dienone is 2. The molecule has 0 radical (unpaired) electrons. The molecule has 4 bridgehead atoms. The highest BCUT2D eigenvalue weighted by atomic mass is 19.2. The van der Waals surface area contributed by atoms with Gasteiger partial charge in [-0.3, -0.25) is 4.79 Å². The van der Waals surface area contributed by atoms with Crippen LogP contribution in [0.25, 0.3) is 5.57 Å². The molecule has 1 aromatic carbocycles. The van der Waals surface area contributed by atoms with Gasteiger partial charge in [0, 0.05) is 24.3 Å². The molecule has 3 fully saturated rings. The van der Waals surface area contributed by atoms with E-state index in [1.54, 1.807) is 0 Å². The molecular formula is C15H5F9O. The van der Waals surface area contributed by atoms with Crippen molar-refractivity contribution in [1.82, 2.24) is 0 Å². The van der Waals surface area contributed by atoms with E-state index in [0.717, 1.165) is 0 Å². The summed E-state index contributed by atoms with van der Waals surface area (Å²) in [6.45, 7) is 0. The highest BCUT2D eigenvalue weighted by Crippen LogP contribution is 2.73. The third-order valence-electron chi connectivity index (χ3n) is 5.27. The van der Waals surface area contributed by atoms with E-state index < -0.39 is 87.6 Å². The molecule has 0 spiro atoms. The van der Waals surface area contributed by atoms with E-state index in [2.05, 4.69) is 0 Å². The van der Waals surface area contributed by atoms with Crippen molar-refractivity contribution in [1.29, 1.82) is 0 Å². The Balaban J connectivity index is 2.09. The van der Waals surface area contributed by atoms with Crippen LogP contribution in [0.4, 0.5) is 39.5 Å². The Labute approximate surface area is 133 Å². The fraction of sp³-hybridized carbons (Fsp3) is 0.400. The molecule has 2 atom stereocenters. The molecular weight excluding hydrogens is 367 g/mol. The SMILES string of the molecule is O=C1C2(F)CC3CC1(F)C2(F)C(c1c(F)c(F)c(F)c(F)c1F)=C3F. The molecule has 5 aliphatic carbocycles. The molecule has 25 heavy (non-hydrogen) atoms. The Hall–Kier alpha value is -2.00. The predicted molar refractivity (Wildman–Crippen MR) is 63.5 cm³/mol. The van der Waals surface area contributed by atoms with Gasteiger partial charge in [-0.05, 0) is 0 Å². The van der Waals surface area contributed by atoms with Crippen LogP contribution in [0.2, 0.25) is 0 Å². The van der Waals surface area contributed by atoms with Gasteiger partial charge in [-0.1, -0.05) is 0 Å². The second-order valence-corrected chi connectivity index (χ2v) is 6.36. The number of carbonyl (C=O) groups is 1. The molecule has 0 heterocycles. The lowest BCUT2D eigenvalue weighted by Crippen LogP contribution is -2.86. The summed E-state index contributed by atoms with van der Waals surface area (Å²) >= 11 is 0. The van der Waals surface area contributed by atoms with E-state index in [-0.39, 0.29) is 0 Å². The quantitative estimate of drug-likeness (QED) is 0.411. The number of hydrogen-bond donors (Lipinski definition) is 0. The Morgan fingerprint density at radius 1 is 0.720 bits per heavy atom. The van der Waals surface area contributed by atoms with Crippen LogP contribution >= 0.6 is 0 Å². The van der Waals surface area contributed by atoms with Crippen LogP contribution in [0.5, 0.6) is 0 Å². The molecule has 10 heteroatoms. The standard InChI is InChI=1S/C15H5F9O/c16-6-3-1-13(22)12(25)14(23,2-3)15(13,24)5(6)4-7(17)9(19)11(21)10(20)8(4)18/h3H,1-2H2.